The lowest BCUT2D eigenvalue weighted by Gasteiger charge is -2.25. The summed E-state index contributed by atoms with van der Waals surface area (Å²) in [4.78, 5) is 22.8. The first kappa shape index (κ1) is 13.7. The number of hydrogen-bond acceptors (Lipinski definition) is 3. The van der Waals surface area contributed by atoms with Gasteiger partial charge in [0.25, 0.3) is 0 Å². The Bertz CT molecular complexity index is 270. The maximum atomic E-state index is 11.6. The first-order valence-electron chi connectivity index (χ1n) is 4.95. The first-order chi connectivity index (χ1) is 6.90. The zero-order valence-electron chi connectivity index (χ0n) is 9.50. The number of carbonyl (C=O) groups excluding carboxylic acids is 1. The van der Waals surface area contributed by atoms with Gasteiger partial charge in [-0.3, -0.25) is 9.59 Å². The Hall–Kier alpha value is -1.32. The molecule has 15 heavy (non-hydrogen) atoms. The average molecular weight is 214 g/mol. The Labute approximate surface area is 89.9 Å². The molecule has 86 valence electrons. The number of hydrogen-bond donors (Lipinski definition) is 1. The predicted molar refractivity (Wildman–Crippen MR) is 56.4 cm³/mol. The highest BCUT2D eigenvalue weighted by Crippen LogP contribution is 2.31. The summed E-state index contributed by atoms with van der Waals surface area (Å²) in [5.74, 6) is -1.82. The van der Waals surface area contributed by atoms with E-state index < -0.39 is 17.4 Å². The Morgan fingerprint density at radius 3 is 2.20 bits per heavy atom. The van der Waals surface area contributed by atoms with Crippen molar-refractivity contribution in [2.75, 3.05) is 6.61 Å². The number of ether oxygens (including phenoxy) is 1. The fraction of sp³-hybridized carbons (Fsp3) is 0.636. The van der Waals surface area contributed by atoms with Gasteiger partial charge in [-0.15, -0.1) is 6.58 Å². The molecule has 0 aliphatic heterocycles. The lowest BCUT2D eigenvalue weighted by Crippen LogP contribution is -2.40. The number of carbonyl (C=O) groups is 2. The molecule has 0 saturated heterocycles. The van der Waals surface area contributed by atoms with Crippen molar-refractivity contribution in [2.24, 2.45) is 5.41 Å². The number of rotatable bonds is 6. The Morgan fingerprint density at radius 2 is 1.93 bits per heavy atom. The van der Waals surface area contributed by atoms with E-state index in [0.717, 1.165) is 0 Å². The van der Waals surface area contributed by atoms with E-state index in [-0.39, 0.29) is 19.4 Å². The zero-order chi connectivity index (χ0) is 12.1. The van der Waals surface area contributed by atoms with E-state index in [4.69, 9.17) is 9.84 Å². The number of esters is 1. The van der Waals surface area contributed by atoms with Crippen LogP contribution in [-0.4, -0.2) is 23.7 Å². The van der Waals surface area contributed by atoms with Gasteiger partial charge in [-0.2, -0.15) is 0 Å². The van der Waals surface area contributed by atoms with Gasteiger partial charge in [-0.05, 0) is 26.7 Å². The monoisotopic (exact) mass is 214 g/mol. The summed E-state index contributed by atoms with van der Waals surface area (Å²) in [5, 5.41) is 9.13. The van der Waals surface area contributed by atoms with Gasteiger partial charge < -0.3 is 9.84 Å². The second kappa shape index (κ2) is 5.53. The Balaban J connectivity index is 5.05. The van der Waals surface area contributed by atoms with Gasteiger partial charge in [0.2, 0.25) is 0 Å². The molecule has 0 rings (SSSR count). The minimum absolute atomic E-state index is 0.123. The number of carboxylic acid groups (broad SMARTS) is 1. The number of carboxylic acids is 1. The minimum Gasteiger partial charge on any atom is -0.480 e. The topological polar surface area (TPSA) is 63.6 Å². The van der Waals surface area contributed by atoms with Crippen LogP contribution in [0.4, 0.5) is 0 Å². The van der Waals surface area contributed by atoms with E-state index in [2.05, 4.69) is 6.58 Å². The van der Waals surface area contributed by atoms with Crippen LogP contribution in [0.25, 0.3) is 0 Å². The van der Waals surface area contributed by atoms with Crippen molar-refractivity contribution in [3.05, 3.63) is 12.2 Å². The Morgan fingerprint density at radius 1 is 1.40 bits per heavy atom. The van der Waals surface area contributed by atoms with E-state index in [9.17, 15) is 9.59 Å². The molecule has 4 nitrogen and oxygen atoms in total. The van der Waals surface area contributed by atoms with Crippen LogP contribution in [0.1, 0.15) is 33.6 Å². The lowest BCUT2D eigenvalue weighted by molar-refractivity contribution is -0.168. The molecule has 0 amide bonds. The van der Waals surface area contributed by atoms with Crippen LogP contribution in [0.5, 0.6) is 0 Å². The summed E-state index contributed by atoms with van der Waals surface area (Å²) in [5.41, 5.74) is -0.811. The fourth-order valence-electron chi connectivity index (χ4n) is 1.44. The molecular formula is C11H18O4. The molecule has 0 heterocycles. The van der Waals surface area contributed by atoms with Gasteiger partial charge in [-0.1, -0.05) is 12.5 Å². The highest BCUT2D eigenvalue weighted by molar-refractivity contribution is 5.99. The molecule has 0 aromatic carbocycles. The average Bonchev–Trinajstić information content (AvgIpc) is 2.13. The largest absolute Gasteiger partial charge is 0.480 e. The molecule has 0 aliphatic rings. The van der Waals surface area contributed by atoms with E-state index in [1.807, 2.05) is 0 Å². The first-order valence-corrected chi connectivity index (χ1v) is 4.95. The SMILES string of the molecule is C=C(C)CC(CC)(C(=O)O)C(=O)OCC. The molecule has 0 aromatic heterocycles. The normalized spacial score (nSPS) is 14.1. The number of aliphatic carboxylic acids is 1. The molecular weight excluding hydrogens is 196 g/mol. The zero-order valence-corrected chi connectivity index (χ0v) is 9.50. The Kier molecular flexibility index (Phi) is 5.05. The maximum absolute atomic E-state index is 11.6. The van der Waals surface area contributed by atoms with Crippen molar-refractivity contribution < 1.29 is 19.4 Å². The van der Waals surface area contributed by atoms with Crippen LogP contribution in [0.2, 0.25) is 0 Å². The maximum Gasteiger partial charge on any atom is 0.323 e. The third kappa shape index (κ3) is 3.08. The van der Waals surface area contributed by atoms with Crippen LogP contribution in [0.15, 0.2) is 12.2 Å². The van der Waals surface area contributed by atoms with Crippen molar-refractivity contribution in [3.63, 3.8) is 0 Å². The van der Waals surface area contributed by atoms with Gasteiger partial charge in [0.1, 0.15) is 0 Å². The van der Waals surface area contributed by atoms with E-state index >= 15 is 0 Å². The highest BCUT2D eigenvalue weighted by Gasteiger charge is 2.45. The molecule has 0 aliphatic carbocycles. The van der Waals surface area contributed by atoms with Crippen LogP contribution < -0.4 is 0 Å². The molecule has 4 heteroatoms. The third-order valence-corrected chi connectivity index (χ3v) is 2.28. The van der Waals surface area contributed by atoms with E-state index in [1.54, 1.807) is 20.8 Å². The summed E-state index contributed by atoms with van der Waals surface area (Å²) in [6, 6.07) is 0. The van der Waals surface area contributed by atoms with Crippen molar-refractivity contribution >= 4 is 11.9 Å². The van der Waals surface area contributed by atoms with E-state index in [1.165, 1.54) is 0 Å². The molecule has 0 bridgehead atoms. The van der Waals surface area contributed by atoms with E-state index in [0.29, 0.717) is 5.57 Å². The van der Waals surface area contributed by atoms with Crippen molar-refractivity contribution in [1.29, 1.82) is 0 Å². The van der Waals surface area contributed by atoms with Crippen LogP contribution in [0.3, 0.4) is 0 Å². The fourth-order valence-corrected chi connectivity index (χ4v) is 1.44. The van der Waals surface area contributed by atoms with Crippen LogP contribution in [-0.2, 0) is 14.3 Å². The quantitative estimate of drug-likeness (QED) is 0.417. The summed E-state index contributed by atoms with van der Waals surface area (Å²) in [7, 11) is 0. The molecule has 0 fully saturated rings. The minimum atomic E-state index is -1.47. The smallest absolute Gasteiger partial charge is 0.323 e. The summed E-state index contributed by atoms with van der Waals surface area (Å²) < 4.78 is 4.80. The van der Waals surface area contributed by atoms with Gasteiger partial charge in [-0.25, -0.2) is 0 Å². The molecule has 1 atom stereocenters. The molecule has 1 N–H and O–H groups in total. The van der Waals surface area contributed by atoms with Gasteiger partial charge >= 0.3 is 11.9 Å². The van der Waals surface area contributed by atoms with Crippen molar-refractivity contribution in [1.82, 2.24) is 0 Å². The molecule has 0 saturated carbocycles. The summed E-state index contributed by atoms with van der Waals surface area (Å²) in [6.45, 7) is 8.84. The molecule has 0 aromatic rings. The molecule has 1 unspecified atom stereocenters. The van der Waals surface area contributed by atoms with Gasteiger partial charge in [0.15, 0.2) is 5.41 Å². The van der Waals surface area contributed by atoms with Crippen LogP contribution in [0, 0.1) is 5.41 Å². The molecule has 0 radical (unpaired) electrons. The van der Waals surface area contributed by atoms with Crippen LogP contribution >= 0.6 is 0 Å². The lowest BCUT2D eigenvalue weighted by atomic mass is 9.79. The predicted octanol–water partition coefficient (Wildman–Crippen LogP) is 2.00. The summed E-state index contributed by atoms with van der Waals surface area (Å²) >= 11 is 0. The molecule has 0 spiro atoms. The number of allylic oxidation sites excluding steroid dienone is 1. The van der Waals surface area contributed by atoms with Gasteiger partial charge in [0, 0.05) is 0 Å². The second-order valence-electron chi connectivity index (χ2n) is 3.60. The second-order valence-corrected chi connectivity index (χ2v) is 3.60. The van der Waals surface area contributed by atoms with Crippen molar-refractivity contribution in [3.8, 4) is 0 Å². The highest BCUT2D eigenvalue weighted by atomic mass is 16.5. The van der Waals surface area contributed by atoms with Crippen molar-refractivity contribution in [2.45, 2.75) is 33.6 Å². The third-order valence-electron chi connectivity index (χ3n) is 2.28. The summed E-state index contributed by atoms with van der Waals surface area (Å²) in [6.07, 6.45) is 0.325. The van der Waals surface area contributed by atoms with Gasteiger partial charge in [0.05, 0.1) is 6.61 Å². The standard InChI is InChI=1S/C11H18O4/c1-5-11(9(12)13,7-8(3)4)10(14)15-6-2/h3,5-7H2,1-2,4H3,(H,12,13).